The van der Waals surface area contributed by atoms with E-state index in [0.717, 1.165) is 18.9 Å². The summed E-state index contributed by atoms with van der Waals surface area (Å²) in [6, 6.07) is 5.25. The lowest BCUT2D eigenvalue weighted by molar-refractivity contribution is -0.138. The third-order valence-corrected chi connectivity index (χ3v) is 6.88. The summed E-state index contributed by atoms with van der Waals surface area (Å²) >= 11 is 0. The minimum absolute atomic E-state index is 0.0408. The van der Waals surface area contributed by atoms with E-state index in [4.69, 9.17) is 0 Å². The van der Waals surface area contributed by atoms with Crippen LogP contribution >= 0.6 is 0 Å². The lowest BCUT2D eigenvalue weighted by Crippen LogP contribution is -2.33. The molecule has 0 aliphatic carbocycles. The maximum absolute atomic E-state index is 13.0. The molecule has 22 heavy (non-hydrogen) atoms. The Morgan fingerprint density at radius 2 is 1.73 bits per heavy atom. The van der Waals surface area contributed by atoms with Crippen molar-refractivity contribution in [1.29, 1.82) is 0 Å². The zero-order chi connectivity index (χ0) is 15.9. The van der Waals surface area contributed by atoms with Crippen LogP contribution in [0.15, 0.2) is 24.3 Å². The topological polar surface area (TPSA) is 34.1 Å². The first-order chi connectivity index (χ1) is 10.4. The minimum Gasteiger partial charge on any atom is -0.299 e. The van der Waals surface area contributed by atoms with Gasteiger partial charge in [-0.3, -0.25) is 9.00 Å². The lowest BCUT2D eigenvalue weighted by Gasteiger charge is -2.26. The highest BCUT2D eigenvalue weighted by atomic mass is 32.2. The monoisotopic (exact) mass is 330 g/mol. The summed E-state index contributed by atoms with van der Waals surface area (Å²) in [5, 5.41) is 0.121. The highest BCUT2D eigenvalue weighted by Crippen LogP contribution is 2.40. The standard InChI is InChI=1S/C16H17F3O2S/c17-16(18,19)14-4-2-1-3-10(14)9-15(20)11-7-12-5-6-13(8-11)22(12)21/h1-4,11-13H,5-9H2. The zero-order valence-corrected chi connectivity index (χ0v) is 12.8. The van der Waals surface area contributed by atoms with Crippen LogP contribution in [0.2, 0.25) is 0 Å². The van der Waals surface area contributed by atoms with Crippen molar-refractivity contribution in [2.75, 3.05) is 0 Å². The Hall–Kier alpha value is -1.17. The molecule has 0 spiro atoms. The Labute approximate surface area is 129 Å². The van der Waals surface area contributed by atoms with Gasteiger partial charge in [0.25, 0.3) is 0 Å². The molecule has 2 aliphatic rings. The number of rotatable bonds is 3. The quantitative estimate of drug-likeness (QED) is 0.850. The molecule has 6 heteroatoms. The molecule has 0 aromatic heterocycles. The van der Waals surface area contributed by atoms with Gasteiger partial charge in [0.2, 0.25) is 0 Å². The van der Waals surface area contributed by atoms with Crippen LogP contribution < -0.4 is 0 Å². The van der Waals surface area contributed by atoms with E-state index in [2.05, 4.69) is 0 Å². The fraction of sp³-hybridized carbons (Fsp3) is 0.562. The Morgan fingerprint density at radius 1 is 1.14 bits per heavy atom. The van der Waals surface area contributed by atoms with Crippen molar-refractivity contribution in [3.63, 3.8) is 0 Å². The molecule has 1 aromatic carbocycles. The second kappa shape index (κ2) is 5.80. The van der Waals surface area contributed by atoms with Crippen LogP contribution in [-0.4, -0.2) is 20.5 Å². The molecular formula is C16H17F3O2S. The first-order valence-corrected chi connectivity index (χ1v) is 8.71. The van der Waals surface area contributed by atoms with Crippen LogP contribution in [0.5, 0.6) is 0 Å². The van der Waals surface area contributed by atoms with Gasteiger partial charge < -0.3 is 0 Å². The highest BCUT2D eigenvalue weighted by Gasteiger charge is 2.43. The molecule has 0 radical (unpaired) electrons. The molecule has 2 nitrogen and oxygen atoms in total. The second-order valence-corrected chi connectivity index (χ2v) is 8.11. The van der Waals surface area contributed by atoms with Crippen LogP contribution in [0.1, 0.15) is 36.8 Å². The number of hydrogen-bond donors (Lipinski definition) is 0. The van der Waals surface area contributed by atoms with Gasteiger partial charge in [0, 0.05) is 33.6 Å². The van der Waals surface area contributed by atoms with E-state index in [1.165, 1.54) is 18.2 Å². The molecule has 2 bridgehead atoms. The molecule has 3 rings (SSSR count). The highest BCUT2D eigenvalue weighted by molar-refractivity contribution is 7.86. The van der Waals surface area contributed by atoms with E-state index in [1.54, 1.807) is 0 Å². The fourth-order valence-electron chi connectivity index (χ4n) is 3.58. The van der Waals surface area contributed by atoms with E-state index < -0.39 is 22.5 Å². The number of hydrogen-bond acceptors (Lipinski definition) is 2. The first kappa shape index (κ1) is 15.7. The number of halogens is 3. The molecule has 1 aromatic rings. The van der Waals surface area contributed by atoms with E-state index >= 15 is 0 Å². The van der Waals surface area contributed by atoms with Gasteiger partial charge in [-0.25, -0.2) is 0 Å². The van der Waals surface area contributed by atoms with Crippen molar-refractivity contribution in [3.8, 4) is 0 Å². The summed E-state index contributed by atoms with van der Waals surface area (Å²) in [6.07, 6.45) is -1.75. The second-order valence-electron chi connectivity index (χ2n) is 6.12. The van der Waals surface area contributed by atoms with Gasteiger partial charge in [-0.15, -0.1) is 0 Å². The molecule has 2 unspecified atom stereocenters. The summed E-state index contributed by atoms with van der Waals surface area (Å²) in [7, 11) is -0.853. The Bertz CT molecular complexity index is 596. The van der Waals surface area contributed by atoms with E-state index in [-0.39, 0.29) is 34.2 Å². The average molecular weight is 330 g/mol. The fourth-order valence-corrected chi connectivity index (χ4v) is 5.70. The molecule has 2 saturated heterocycles. The lowest BCUT2D eigenvalue weighted by atomic mass is 9.89. The smallest absolute Gasteiger partial charge is 0.299 e. The predicted molar refractivity (Wildman–Crippen MR) is 77.8 cm³/mol. The van der Waals surface area contributed by atoms with E-state index in [9.17, 15) is 22.2 Å². The predicted octanol–water partition coefficient (Wildman–Crippen LogP) is 3.51. The van der Waals surface area contributed by atoms with Gasteiger partial charge in [-0.1, -0.05) is 18.2 Å². The number of Topliss-reactive ketones (excluding diaryl/α,β-unsaturated/α-hetero) is 1. The number of fused-ring (bicyclic) bond motifs is 2. The van der Waals surface area contributed by atoms with Gasteiger partial charge in [0.15, 0.2) is 0 Å². The molecule has 2 fully saturated rings. The summed E-state index contributed by atoms with van der Waals surface area (Å²) in [6.45, 7) is 0. The maximum atomic E-state index is 13.0. The summed E-state index contributed by atoms with van der Waals surface area (Å²) in [4.78, 5) is 12.4. The molecular weight excluding hydrogens is 313 g/mol. The van der Waals surface area contributed by atoms with Gasteiger partial charge in [-0.05, 0) is 37.3 Å². The van der Waals surface area contributed by atoms with E-state index in [0.29, 0.717) is 12.8 Å². The summed E-state index contributed by atoms with van der Waals surface area (Å²) in [5.74, 6) is -0.387. The van der Waals surface area contributed by atoms with Gasteiger partial charge in [0.1, 0.15) is 5.78 Å². The first-order valence-electron chi connectivity index (χ1n) is 7.43. The van der Waals surface area contributed by atoms with Crippen LogP contribution in [-0.2, 0) is 28.2 Å². The number of carbonyl (C=O) groups excluding carboxylic acids is 1. The minimum atomic E-state index is -4.44. The zero-order valence-electron chi connectivity index (χ0n) is 11.9. The van der Waals surface area contributed by atoms with Crippen molar-refractivity contribution >= 4 is 16.6 Å². The number of alkyl halides is 3. The molecule has 120 valence electrons. The summed E-state index contributed by atoms with van der Waals surface area (Å²) in [5.41, 5.74) is -0.690. The summed E-state index contributed by atoms with van der Waals surface area (Å²) < 4.78 is 50.9. The van der Waals surface area contributed by atoms with Crippen molar-refractivity contribution in [2.24, 2.45) is 5.92 Å². The van der Waals surface area contributed by atoms with Crippen LogP contribution in [0, 0.1) is 5.92 Å². The average Bonchev–Trinajstić information content (AvgIpc) is 2.68. The van der Waals surface area contributed by atoms with Gasteiger partial charge >= 0.3 is 6.18 Å². The molecule has 2 heterocycles. The van der Waals surface area contributed by atoms with Crippen LogP contribution in [0.4, 0.5) is 13.2 Å². The maximum Gasteiger partial charge on any atom is 0.416 e. The van der Waals surface area contributed by atoms with Crippen molar-refractivity contribution in [3.05, 3.63) is 35.4 Å². The third kappa shape index (κ3) is 2.98. The van der Waals surface area contributed by atoms with Crippen molar-refractivity contribution in [2.45, 2.75) is 48.8 Å². The number of ketones is 1. The van der Waals surface area contributed by atoms with Gasteiger partial charge in [0.05, 0.1) is 5.56 Å². The van der Waals surface area contributed by atoms with Crippen LogP contribution in [0.3, 0.4) is 0 Å². The molecule has 2 atom stereocenters. The van der Waals surface area contributed by atoms with Gasteiger partial charge in [-0.2, -0.15) is 13.2 Å². The number of benzene rings is 1. The Morgan fingerprint density at radius 3 is 2.32 bits per heavy atom. The van der Waals surface area contributed by atoms with Crippen LogP contribution in [0.25, 0.3) is 0 Å². The SMILES string of the molecule is O=C(Cc1ccccc1C(F)(F)F)C1CC2CCC(C1)S2=O. The number of carbonyl (C=O) groups is 1. The molecule has 0 amide bonds. The third-order valence-electron chi connectivity index (χ3n) is 4.71. The molecule has 0 N–H and O–H groups in total. The molecule has 0 saturated carbocycles. The Balaban J connectivity index is 1.75. The van der Waals surface area contributed by atoms with Crippen molar-refractivity contribution < 1.29 is 22.2 Å². The normalized spacial score (nSPS) is 31.2. The Kier molecular flexibility index (Phi) is 4.14. The van der Waals surface area contributed by atoms with E-state index in [1.807, 2.05) is 0 Å². The largest absolute Gasteiger partial charge is 0.416 e. The molecule has 2 aliphatic heterocycles. The van der Waals surface area contributed by atoms with Crippen molar-refractivity contribution in [1.82, 2.24) is 0 Å².